The molecule has 0 aliphatic heterocycles. The van der Waals surface area contributed by atoms with E-state index in [1.807, 2.05) is 18.2 Å². The van der Waals surface area contributed by atoms with Gasteiger partial charge in [0.15, 0.2) is 0 Å². The predicted octanol–water partition coefficient (Wildman–Crippen LogP) is 2.07. The average molecular weight is 364 g/mol. The van der Waals surface area contributed by atoms with Gasteiger partial charge in [-0.05, 0) is 0 Å². The van der Waals surface area contributed by atoms with E-state index in [0.717, 1.165) is 0 Å². The molecule has 1 nitrogen and oxygen atoms in total. The Morgan fingerprint density at radius 1 is 0.476 bits per heavy atom. The van der Waals surface area contributed by atoms with Crippen molar-refractivity contribution in [1.82, 2.24) is 0 Å². The van der Waals surface area contributed by atoms with Gasteiger partial charge in [0.05, 0.1) is 0 Å². The van der Waals surface area contributed by atoms with Crippen molar-refractivity contribution in [2.45, 2.75) is 0 Å². The maximum atomic E-state index is 7.27. The van der Waals surface area contributed by atoms with E-state index in [4.69, 9.17) is 10.1 Å². The van der Waals surface area contributed by atoms with Crippen molar-refractivity contribution in [1.29, 1.82) is 0 Å². The molecule has 0 aliphatic rings. The van der Waals surface area contributed by atoms with E-state index in [1.165, 1.54) is 13.4 Å². The van der Waals surface area contributed by atoms with Crippen LogP contribution in [0.4, 0.5) is 0 Å². The Bertz CT molecular complexity index is 575. The molecule has 0 spiro atoms. The van der Waals surface area contributed by atoms with Gasteiger partial charge in [0.2, 0.25) is 0 Å². The van der Waals surface area contributed by atoms with Crippen molar-refractivity contribution in [3.05, 3.63) is 91.0 Å². The fourth-order valence-electron chi connectivity index (χ4n) is 2.23. The summed E-state index contributed by atoms with van der Waals surface area (Å²) in [5, 5.41) is 0. The predicted molar refractivity (Wildman–Crippen MR) is 93.4 cm³/mol. The van der Waals surface area contributed by atoms with Crippen molar-refractivity contribution in [2.75, 3.05) is 0 Å². The zero-order valence-electron chi connectivity index (χ0n) is 11.4. The van der Waals surface area contributed by atoms with E-state index in [0.29, 0.717) is 0 Å². The Hall–Kier alpha value is -1.57. The maximum absolute atomic E-state index is 7.27. The minimum atomic E-state index is -2.63. The normalized spacial score (nSPS) is 11.5. The van der Waals surface area contributed by atoms with E-state index >= 15 is 0 Å². The summed E-state index contributed by atoms with van der Waals surface area (Å²) in [6.07, 6.45) is 0. The van der Waals surface area contributed by atoms with Crippen LogP contribution in [0.5, 0.6) is 0 Å². The van der Waals surface area contributed by atoms with E-state index in [9.17, 15) is 0 Å². The fraction of sp³-hybridized carbons (Fsp3) is 0. The number of halogens is 1. The third-order valence-corrected chi connectivity index (χ3v) is 11.8. The molecule has 3 rings (SSSR count). The van der Waals surface area contributed by atoms with Crippen molar-refractivity contribution in [3.8, 4) is 0 Å². The van der Waals surface area contributed by atoms with Crippen LogP contribution in [-0.2, 0) is 0 Å². The van der Waals surface area contributed by atoms with Gasteiger partial charge >= 0.3 is 126 Å². The summed E-state index contributed by atoms with van der Waals surface area (Å²) in [4.78, 5) is 0. The summed E-state index contributed by atoms with van der Waals surface area (Å²) in [6, 6.07) is 31.4. The Morgan fingerprint density at radius 2 is 0.714 bits per heavy atom. The van der Waals surface area contributed by atoms with E-state index in [-0.39, 0.29) is 5.48 Å². The standard InChI is InChI=1S/C18H15ClSe.H2O/c19-20(16-10-4-1-5-11-16,17-12-6-2-7-13-17)18-14-8-3-9-15-18;/h1-15H;1H2. The Labute approximate surface area is 132 Å². The van der Waals surface area contributed by atoms with Crippen LogP contribution in [0.25, 0.3) is 0 Å². The molecular formula is C18H17ClOSe. The van der Waals surface area contributed by atoms with Crippen molar-refractivity contribution in [2.24, 2.45) is 0 Å². The Kier molecular flexibility index (Phi) is 5.22. The largest absolute Gasteiger partial charge is 0.412 e. The molecule has 108 valence electrons. The SMILES string of the molecule is Cl[Se](c1ccccc1)(c1ccccc1)c1ccccc1.O. The number of benzene rings is 3. The molecule has 0 saturated heterocycles. The summed E-state index contributed by atoms with van der Waals surface area (Å²) in [5.41, 5.74) is 0. The van der Waals surface area contributed by atoms with Gasteiger partial charge in [0.1, 0.15) is 0 Å². The van der Waals surface area contributed by atoms with E-state index in [2.05, 4.69) is 72.8 Å². The van der Waals surface area contributed by atoms with Crippen LogP contribution >= 0.6 is 10.1 Å². The molecule has 0 aliphatic carbocycles. The van der Waals surface area contributed by atoms with Crippen LogP contribution in [0.15, 0.2) is 91.0 Å². The van der Waals surface area contributed by atoms with Gasteiger partial charge in [-0.15, -0.1) is 0 Å². The molecule has 0 bridgehead atoms. The maximum Gasteiger partial charge on any atom is -0.412 e. The number of rotatable bonds is 3. The molecule has 0 atom stereocenters. The van der Waals surface area contributed by atoms with Crippen LogP contribution in [-0.4, -0.2) is 17.4 Å². The fourth-order valence-corrected chi connectivity index (χ4v) is 8.90. The molecule has 3 aromatic carbocycles. The summed E-state index contributed by atoms with van der Waals surface area (Å²) in [6.45, 7) is 0. The van der Waals surface area contributed by atoms with Gasteiger partial charge in [0, 0.05) is 0 Å². The molecule has 3 aromatic rings. The second-order valence-corrected chi connectivity index (χ2v) is 12.1. The van der Waals surface area contributed by atoms with Crippen LogP contribution in [0, 0.1) is 0 Å². The quantitative estimate of drug-likeness (QED) is 0.638. The Balaban J connectivity index is 0.00000161. The minimum Gasteiger partial charge on any atom is -0.412 e. The molecule has 0 unspecified atom stereocenters. The molecule has 0 fully saturated rings. The number of hydrogen-bond acceptors (Lipinski definition) is 0. The third-order valence-electron chi connectivity index (χ3n) is 3.20. The second-order valence-electron chi connectivity index (χ2n) is 4.48. The van der Waals surface area contributed by atoms with Gasteiger partial charge in [-0.25, -0.2) is 0 Å². The molecule has 0 aromatic heterocycles. The molecular weight excluding hydrogens is 347 g/mol. The first-order valence-corrected chi connectivity index (χ1v) is 11.3. The first kappa shape index (κ1) is 15.8. The topological polar surface area (TPSA) is 31.5 Å². The van der Waals surface area contributed by atoms with Crippen LogP contribution < -0.4 is 13.4 Å². The van der Waals surface area contributed by atoms with Crippen LogP contribution in [0.1, 0.15) is 0 Å². The third kappa shape index (κ3) is 3.04. The van der Waals surface area contributed by atoms with Gasteiger partial charge in [-0.1, -0.05) is 0 Å². The summed E-state index contributed by atoms with van der Waals surface area (Å²) < 4.78 is 3.72. The zero-order chi connectivity index (χ0) is 13.8. The van der Waals surface area contributed by atoms with Crippen molar-refractivity contribution < 1.29 is 5.48 Å². The monoisotopic (exact) mass is 364 g/mol. The van der Waals surface area contributed by atoms with Gasteiger partial charge in [0.25, 0.3) is 0 Å². The summed E-state index contributed by atoms with van der Waals surface area (Å²) in [7, 11) is 7.27. The first-order valence-electron chi connectivity index (χ1n) is 6.50. The van der Waals surface area contributed by atoms with Crippen molar-refractivity contribution in [3.63, 3.8) is 0 Å². The molecule has 0 saturated carbocycles. The second kappa shape index (κ2) is 6.93. The van der Waals surface area contributed by atoms with Gasteiger partial charge in [-0.2, -0.15) is 0 Å². The van der Waals surface area contributed by atoms with E-state index in [1.54, 1.807) is 0 Å². The molecule has 2 N–H and O–H groups in total. The zero-order valence-corrected chi connectivity index (χ0v) is 13.9. The number of hydrogen-bond donors (Lipinski definition) is 0. The molecule has 21 heavy (non-hydrogen) atoms. The molecule has 0 radical (unpaired) electrons. The van der Waals surface area contributed by atoms with Gasteiger partial charge < -0.3 is 5.48 Å². The van der Waals surface area contributed by atoms with E-state index < -0.39 is 11.9 Å². The summed E-state index contributed by atoms with van der Waals surface area (Å²) >= 11 is -2.63. The minimum absolute atomic E-state index is 0. The Morgan fingerprint density at radius 3 is 0.952 bits per heavy atom. The van der Waals surface area contributed by atoms with Crippen molar-refractivity contribution >= 4 is 35.4 Å². The average Bonchev–Trinajstić information content (AvgIpc) is 2.56. The van der Waals surface area contributed by atoms with Crippen LogP contribution in [0.3, 0.4) is 0 Å². The molecule has 3 heteroatoms. The molecule has 0 heterocycles. The molecule has 0 amide bonds. The smallest absolute Gasteiger partial charge is 0.412 e. The van der Waals surface area contributed by atoms with Crippen LogP contribution in [0.2, 0.25) is 0 Å². The van der Waals surface area contributed by atoms with Gasteiger partial charge in [-0.3, -0.25) is 0 Å². The summed E-state index contributed by atoms with van der Waals surface area (Å²) in [5.74, 6) is 0. The first-order chi connectivity index (χ1) is 9.82.